The van der Waals surface area contributed by atoms with Crippen LogP contribution in [0.15, 0.2) is 53.2 Å². The summed E-state index contributed by atoms with van der Waals surface area (Å²) in [6, 6.07) is 11.0. The number of amides is 1. The number of hydrogen-bond acceptors (Lipinski definition) is 5. The van der Waals surface area contributed by atoms with Gasteiger partial charge in [-0.05, 0) is 31.2 Å². The number of esters is 1. The molecular formula is C18H15NO4S. The first-order valence-electron chi connectivity index (χ1n) is 7.40. The number of hydrogen-bond donors (Lipinski definition) is 1. The van der Waals surface area contributed by atoms with Crippen LogP contribution in [0.25, 0.3) is 16.2 Å². The fourth-order valence-corrected chi connectivity index (χ4v) is 3.33. The summed E-state index contributed by atoms with van der Waals surface area (Å²) in [5.74, 6) is -0.212. The van der Waals surface area contributed by atoms with Crippen molar-refractivity contribution in [2.75, 3.05) is 11.9 Å². The fraction of sp³-hybridized carbons (Fsp3) is 0.111. The van der Waals surface area contributed by atoms with E-state index < -0.39 is 5.97 Å². The molecule has 0 radical (unpaired) electrons. The molecule has 0 aliphatic heterocycles. The first-order chi connectivity index (χ1) is 11.7. The number of carbonyl (C=O) groups excluding carboxylic acids is 2. The van der Waals surface area contributed by atoms with Gasteiger partial charge < -0.3 is 14.5 Å². The van der Waals surface area contributed by atoms with E-state index in [9.17, 15) is 9.59 Å². The number of rotatable bonds is 5. The van der Waals surface area contributed by atoms with Crippen LogP contribution in [-0.4, -0.2) is 18.5 Å². The van der Waals surface area contributed by atoms with E-state index in [0.717, 1.165) is 10.1 Å². The van der Waals surface area contributed by atoms with Crippen LogP contribution >= 0.6 is 11.3 Å². The third-order valence-corrected chi connectivity index (χ3v) is 4.34. The van der Waals surface area contributed by atoms with Gasteiger partial charge in [-0.15, -0.1) is 11.3 Å². The SMILES string of the molecule is CCOC(=O)c1c(NC(=O)C=Cc2ccco2)sc2ccccc12. The van der Waals surface area contributed by atoms with E-state index in [0.29, 0.717) is 16.3 Å². The second-order valence-electron chi connectivity index (χ2n) is 4.86. The van der Waals surface area contributed by atoms with E-state index in [1.54, 1.807) is 25.1 Å². The second-order valence-corrected chi connectivity index (χ2v) is 5.91. The van der Waals surface area contributed by atoms with Gasteiger partial charge in [0.1, 0.15) is 16.3 Å². The number of carbonyl (C=O) groups is 2. The van der Waals surface area contributed by atoms with Crippen molar-refractivity contribution in [2.45, 2.75) is 6.92 Å². The minimum atomic E-state index is -0.444. The van der Waals surface area contributed by atoms with E-state index in [1.807, 2.05) is 24.3 Å². The van der Waals surface area contributed by atoms with Crippen LogP contribution < -0.4 is 5.32 Å². The van der Waals surface area contributed by atoms with Gasteiger partial charge in [-0.3, -0.25) is 4.79 Å². The molecular weight excluding hydrogens is 326 g/mol. The van der Waals surface area contributed by atoms with Crippen molar-refractivity contribution in [3.63, 3.8) is 0 Å². The number of ether oxygens (including phenoxy) is 1. The highest BCUT2D eigenvalue weighted by molar-refractivity contribution is 7.23. The van der Waals surface area contributed by atoms with Gasteiger partial charge >= 0.3 is 5.97 Å². The van der Waals surface area contributed by atoms with Gasteiger partial charge in [-0.1, -0.05) is 18.2 Å². The monoisotopic (exact) mass is 341 g/mol. The molecule has 0 bridgehead atoms. The molecule has 0 atom stereocenters. The standard InChI is InChI=1S/C18H15NO4S/c1-2-22-18(21)16-13-7-3-4-8-14(13)24-17(16)19-15(20)10-9-12-6-5-11-23-12/h3-11H,2H2,1H3,(H,19,20). The molecule has 122 valence electrons. The van der Waals surface area contributed by atoms with Crippen LogP contribution in [-0.2, 0) is 9.53 Å². The minimum absolute atomic E-state index is 0.273. The molecule has 0 aliphatic rings. The molecule has 1 amide bonds. The van der Waals surface area contributed by atoms with Crippen LogP contribution in [0.5, 0.6) is 0 Å². The topological polar surface area (TPSA) is 68.5 Å². The normalized spacial score (nSPS) is 11.0. The van der Waals surface area contributed by atoms with E-state index in [1.165, 1.54) is 23.7 Å². The Labute approximate surface area is 142 Å². The molecule has 3 rings (SSSR count). The molecule has 0 spiro atoms. The summed E-state index contributed by atoms with van der Waals surface area (Å²) in [5, 5.41) is 4.00. The highest BCUT2D eigenvalue weighted by Crippen LogP contribution is 2.36. The van der Waals surface area contributed by atoms with Crippen molar-refractivity contribution in [1.82, 2.24) is 0 Å². The number of nitrogens with one attached hydrogen (secondary N) is 1. The zero-order chi connectivity index (χ0) is 16.9. The largest absolute Gasteiger partial charge is 0.465 e. The van der Waals surface area contributed by atoms with Crippen molar-refractivity contribution in [3.8, 4) is 0 Å². The van der Waals surface area contributed by atoms with Crippen molar-refractivity contribution < 1.29 is 18.7 Å². The maximum Gasteiger partial charge on any atom is 0.341 e. The quantitative estimate of drug-likeness (QED) is 0.554. The zero-order valence-electron chi connectivity index (χ0n) is 12.9. The molecule has 1 N–H and O–H groups in total. The van der Waals surface area contributed by atoms with Crippen molar-refractivity contribution in [2.24, 2.45) is 0 Å². The van der Waals surface area contributed by atoms with Gasteiger partial charge in [0.15, 0.2) is 0 Å². The average molecular weight is 341 g/mol. The minimum Gasteiger partial charge on any atom is -0.465 e. The van der Waals surface area contributed by atoms with Gasteiger partial charge in [0.25, 0.3) is 0 Å². The molecule has 6 heteroatoms. The molecule has 24 heavy (non-hydrogen) atoms. The van der Waals surface area contributed by atoms with Gasteiger partial charge in [0, 0.05) is 16.2 Å². The third kappa shape index (κ3) is 3.38. The van der Waals surface area contributed by atoms with Gasteiger partial charge in [0.2, 0.25) is 5.91 Å². The predicted molar refractivity (Wildman–Crippen MR) is 94.2 cm³/mol. The lowest BCUT2D eigenvalue weighted by atomic mass is 10.1. The molecule has 2 aromatic heterocycles. The highest BCUT2D eigenvalue weighted by Gasteiger charge is 2.20. The Hall–Kier alpha value is -2.86. The van der Waals surface area contributed by atoms with Gasteiger partial charge in [-0.25, -0.2) is 4.79 Å². The van der Waals surface area contributed by atoms with Gasteiger partial charge in [-0.2, -0.15) is 0 Å². The molecule has 1 aromatic carbocycles. The molecule has 2 heterocycles. The summed E-state index contributed by atoms with van der Waals surface area (Å²) in [4.78, 5) is 24.4. The number of benzene rings is 1. The lowest BCUT2D eigenvalue weighted by Crippen LogP contribution is -2.11. The van der Waals surface area contributed by atoms with Crippen LogP contribution in [0, 0.1) is 0 Å². The molecule has 0 aliphatic carbocycles. The lowest BCUT2D eigenvalue weighted by molar-refractivity contribution is -0.111. The molecule has 0 saturated carbocycles. The Kier molecular flexibility index (Phi) is 4.77. The number of anilines is 1. The first kappa shape index (κ1) is 16.0. The first-order valence-corrected chi connectivity index (χ1v) is 8.22. The van der Waals surface area contributed by atoms with Crippen LogP contribution in [0.2, 0.25) is 0 Å². The smallest absolute Gasteiger partial charge is 0.341 e. The lowest BCUT2D eigenvalue weighted by Gasteiger charge is -2.04. The molecule has 3 aromatic rings. The molecule has 5 nitrogen and oxygen atoms in total. The van der Waals surface area contributed by atoms with Crippen molar-refractivity contribution >= 4 is 44.4 Å². The Morgan fingerprint density at radius 1 is 1.25 bits per heavy atom. The van der Waals surface area contributed by atoms with Crippen LogP contribution in [0.1, 0.15) is 23.0 Å². The van der Waals surface area contributed by atoms with E-state index >= 15 is 0 Å². The maximum atomic E-state index is 12.3. The zero-order valence-corrected chi connectivity index (χ0v) is 13.8. The van der Waals surface area contributed by atoms with Crippen LogP contribution in [0.4, 0.5) is 5.00 Å². The second kappa shape index (κ2) is 7.14. The Morgan fingerprint density at radius 2 is 2.08 bits per heavy atom. The fourth-order valence-electron chi connectivity index (χ4n) is 2.24. The maximum absolute atomic E-state index is 12.3. The predicted octanol–water partition coefficient (Wildman–Crippen LogP) is 4.32. The summed E-state index contributed by atoms with van der Waals surface area (Å²) < 4.78 is 11.2. The average Bonchev–Trinajstić information content (AvgIpc) is 3.20. The number of fused-ring (bicyclic) bond motifs is 1. The Balaban J connectivity index is 1.89. The van der Waals surface area contributed by atoms with E-state index in [2.05, 4.69) is 5.32 Å². The van der Waals surface area contributed by atoms with Crippen LogP contribution in [0.3, 0.4) is 0 Å². The molecule has 0 unspecified atom stereocenters. The highest BCUT2D eigenvalue weighted by atomic mass is 32.1. The van der Waals surface area contributed by atoms with Crippen molar-refractivity contribution in [1.29, 1.82) is 0 Å². The molecule has 0 fully saturated rings. The molecule has 0 saturated heterocycles. The van der Waals surface area contributed by atoms with Gasteiger partial charge in [0.05, 0.1) is 12.9 Å². The number of thiophene rings is 1. The summed E-state index contributed by atoms with van der Waals surface area (Å²) in [5.41, 5.74) is 0.386. The van der Waals surface area contributed by atoms with E-state index in [-0.39, 0.29) is 12.5 Å². The summed E-state index contributed by atoms with van der Waals surface area (Å²) in [6.45, 7) is 2.02. The summed E-state index contributed by atoms with van der Waals surface area (Å²) in [6.07, 6.45) is 4.45. The number of furan rings is 1. The summed E-state index contributed by atoms with van der Waals surface area (Å²) >= 11 is 1.34. The summed E-state index contributed by atoms with van der Waals surface area (Å²) in [7, 11) is 0. The van der Waals surface area contributed by atoms with Crippen molar-refractivity contribution in [3.05, 3.63) is 60.1 Å². The third-order valence-electron chi connectivity index (χ3n) is 3.25. The Morgan fingerprint density at radius 3 is 2.83 bits per heavy atom. The Bertz CT molecular complexity index is 893. The van der Waals surface area contributed by atoms with E-state index in [4.69, 9.17) is 9.15 Å².